The van der Waals surface area contributed by atoms with Crippen LogP contribution in [-0.4, -0.2) is 27.6 Å². The molecule has 0 amide bonds. The van der Waals surface area contributed by atoms with E-state index in [-0.39, 0.29) is 11.7 Å². The Balaban J connectivity index is 2.16. The molecule has 2 N–H and O–H groups in total. The molecule has 0 spiro atoms. The van der Waals surface area contributed by atoms with Crippen molar-refractivity contribution in [2.24, 2.45) is 0 Å². The van der Waals surface area contributed by atoms with E-state index < -0.39 is 0 Å². The van der Waals surface area contributed by atoms with Crippen molar-refractivity contribution >= 4 is 11.8 Å². The molecule has 6 heteroatoms. The van der Waals surface area contributed by atoms with E-state index in [1.165, 1.54) is 16.7 Å². The summed E-state index contributed by atoms with van der Waals surface area (Å²) in [7, 11) is 1.96. The van der Waals surface area contributed by atoms with Gasteiger partial charge in [-0.3, -0.25) is 4.57 Å². The molecule has 2 aromatic rings. The Hall–Kier alpha value is -1.53. The van der Waals surface area contributed by atoms with Gasteiger partial charge < -0.3 is 5.32 Å². The molecule has 0 aliphatic heterocycles. The number of H-pyrrole nitrogens is 1. The minimum atomic E-state index is -0.146. The van der Waals surface area contributed by atoms with Crippen molar-refractivity contribution < 1.29 is 0 Å². The number of aryl methyl sites for hydroxylation is 2. The summed E-state index contributed by atoms with van der Waals surface area (Å²) in [5.41, 5.74) is 3.68. The summed E-state index contributed by atoms with van der Waals surface area (Å²) in [6.45, 7) is 6.80. The van der Waals surface area contributed by atoms with Crippen molar-refractivity contribution in [1.82, 2.24) is 20.1 Å². The molecule has 0 radical (unpaired) electrons. The first-order valence-electron chi connectivity index (χ1n) is 7.09. The van der Waals surface area contributed by atoms with Crippen LogP contribution in [0, 0.1) is 13.8 Å². The third-order valence-corrected chi connectivity index (χ3v) is 4.65. The summed E-state index contributed by atoms with van der Waals surface area (Å²) in [5.74, 6) is 0.824. The van der Waals surface area contributed by atoms with Crippen molar-refractivity contribution in [3.8, 4) is 0 Å². The Morgan fingerprint density at radius 2 is 2.19 bits per heavy atom. The lowest BCUT2D eigenvalue weighted by atomic mass is 10.0. The zero-order valence-corrected chi connectivity index (χ0v) is 13.8. The maximum Gasteiger partial charge on any atom is 0.343 e. The van der Waals surface area contributed by atoms with Crippen molar-refractivity contribution in [1.29, 1.82) is 0 Å². The first-order chi connectivity index (χ1) is 10.1. The van der Waals surface area contributed by atoms with Crippen LogP contribution in [0.5, 0.6) is 0 Å². The number of rotatable bonds is 6. The van der Waals surface area contributed by atoms with Crippen LogP contribution in [0.25, 0.3) is 0 Å². The van der Waals surface area contributed by atoms with Crippen molar-refractivity contribution in [2.75, 3.05) is 12.8 Å². The molecule has 0 aliphatic rings. The Bertz CT molecular complexity index is 662. The highest BCUT2D eigenvalue weighted by Gasteiger charge is 2.15. The van der Waals surface area contributed by atoms with Crippen LogP contribution in [0.1, 0.15) is 29.7 Å². The summed E-state index contributed by atoms with van der Waals surface area (Å²) in [4.78, 5) is 11.6. The van der Waals surface area contributed by atoms with Gasteiger partial charge in [0.15, 0.2) is 5.16 Å². The number of thioether (sulfide) groups is 1. The van der Waals surface area contributed by atoms with Crippen LogP contribution in [0.2, 0.25) is 0 Å². The number of nitrogens with zero attached hydrogens (tertiary/aromatic N) is 2. The molecule has 2 rings (SSSR count). The molecule has 1 unspecified atom stereocenters. The molecule has 0 saturated carbocycles. The van der Waals surface area contributed by atoms with Crippen molar-refractivity contribution in [3.63, 3.8) is 0 Å². The molecule has 1 aromatic carbocycles. The highest BCUT2D eigenvalue weighted by molar-refractivity contribution is 7.99. The van der Waals surface area contributed by atoms with E-state index in [0.29, 0.717) is 6.54 Å². The average Bonchev–Trinajstić information content (AvgIpc) is 2.83. The van der Waals surface area contributed by atoms with Gasteiger partial charge in [0.1, 0.15) is 0 Å². The third-order valence-electron chi connectivity index (χ3n) is 3.58. The normalized spacial score (nSPS) is 12.6. The third kappa shape index (κ3) is 3.57. The lowest BCUT2D eigenvalue weighted by Gasteiger charge is -2.19. The number of aromatic nitrogens is 3. The molecule has 1 heterocycles. The van der Waals surface area contributed by atoms with Gasteiger partial charge in [0.05, 0.1) is 0 Å². The number of hydrogen-bond donors (Lipinski definition) is 2. The molecule has 0 saturated heterocycles. The zero-order chi connectivity index (χ0) is 15.4. The van der Waals surface area contributed by atoms with E-state index >= 15 is 0 Å². The summed E-state index contributed by atoms with van der Waals surface area (Å²) in [6, 6.07) is 6.72. The first-order valence-corrected chi connectivity index (χ1v) is 8.07. The van der Waals surface area contributed by atoms with E-state index in [2.05, 4.69) is 47.6 Å². The van der Waals surface area contributed by atoms with Gasteiger partial charge in [0.2, 0.25) is 0 Å². The molecule has 114 valence electrons. The molecular formula is C15H22N4OS. The summed E-state index contributed by atoms with van der Waals surface area (Å²) >= 11 is 1.59. The molecule has 1 atom stereocenters. The van der Waals surface area contributed by atoms with Gasteiger partial charge >= 0.3 is 5.69 Å². The first kappa shape index (κ1) is 15.9. The summed E-state index contributed by atoms with van der Waals surface area (Å²) in [6.07, 6.45) is 0. The number of benzene rings is 1. The second-order valence-corrected chi connectivity index (χ2v) is 6.06. The molecule has 21 heavy (non-hydrogen) atoms. The summed E-state index contributed by atoms with van der Waals surface area (Å²) < 4.78 is 1.65. The van der Waals surface area contributed by atoms with Crippen LogP contribution in [0.15, 0.2) is 28.2 Å². The van der Waals surface area contributed by atoms with E-state index in [9.17, 15) is 4.79 Å². The fourth-order valence-electron chi connectivity index (χ4n) is 2.31. The molecule has 0 fully saturated rings. The quantitative estimate of drug-likeness (QED) is 0.804. The van der Waals surface area contributed by atoms with Gasteiger partial charge in [0.25, 0.3) is 0 Å². The Kier molecular flexibility index (Phi) is 5.25. The molecule has 0 aliphatic carbocycles. The van der Waals surface area contributed by atoms with E-state index in [1.807, 2.05) is 14.0 Å². The predicted molar refractivity (Wildman–Crippen MR) is 87.0 cm³/mol. The molecule has 0 bridgehead atoms. The van der Waals surface area contributed by atoms with Gasteiger partial charge in [-0.25, -0.2) is 9.89 Å². The maximum absolute atomic E-state index is 11.6. The minimum Gasteiger partial charge on any atom is -0.312 e. The van der Waals surface area contributed by atoms with E-state index in [4.69, 9.17) is 0 Å². The average molecular weight is 306 g/mol. The number of hydrogen-bond acceptors (Lipinski definition) is 4. The molecule has 5 nitrogen and oxygen atoms in total. The molecule has 1 aromatic heterocycles. The fraction of sp³-hybridized carbons (Fsp3) is 0.467. The van der Waals surface area contributed by atoms with Crippen molar-refractivity contribution in [3.05, 3.63) is 45.4 Å². The molecular weight excluding hydrogens is 284 g/mol. The Labute approximate surface area is 129 Å². The van der Waals surface area contributed by atoms with Crippen molar-refractivity contribution in [2.45, 2.75) is 38.5 Å². The summed E-state index contributed by atoms with van der Waals surface area (Å²) in [5, 5.41) is 10.7. The van der Waals surface area contributed by atoms with Crippen LogP contribution < -0.4 is 11.0 Å². The number of nitrogens with one attached hydrogen (secondary N) is 2. The van der Waals surface area contributed by atoms with Gasteiger partial charge in [-0.05, 0) is 38.9 Å². The largest absolute Gasteiger partial charge is 0.343 e. The zero-order valence-electron chi connectivity index (χ0n) is 12.9. The standard InChI is InChI=1S/C15H22N4OS/c1-5-19-14(20)17-18-15(19)21-9-13(16-4)12-8-10(2)6-7-11(12)3/h6-8,13,16H,5,9H2,1-4H3,(H,17,20). The monoisotopic (exact) mass is 306 g/mol. The Morgan fingerprint density at radius 3 is 2.86 bits per heavy atom. The van der Waals surface area contributed by atoms with Gasteiger partial charge in [0, 0.05) is 18.3 Å². The fourth-order valence-corrected chi connectivity index (χ4v) is 3.45. The van der Waals surface area contributed by atoms with Crippen LogP contribution in [-0.2, 0) is 6.54 Å². The van der Waals surface area contributed by atoms with Gasteiger partial charge in [-0.2, -0.15) is 0 Å². The second kappa shape index (κ2) is 6.95. The lowest BCUT2D eigenvalue weighted by Crippen LogP contribution is -2.21. The Morgan fingerprint density at radius 1 is 1.43 bits per heavy atom. The van der Waals surface area contributed by atoms with Gasteiger partial charge in [-0.1, -0.05) is 35.5 Å². The van der Waals surface area contributed by atoms with Crippen LogP contribution in [0.3, 0.4) is 0 Å². The van der Waals surface area contributed by atoms with Crippen LogP contribution in [0.4, 0.5) is 0 Å². The van der Waals surface area contributed by atoms with E-state index in [0.717, 1.165) is 10.9 Å². The highest BCUT2D eigenvalue weighted by Crippen LogP contribution is 2.25. The van der Waals surface area contributed by atoms with Gasteiger partial charge in [-0.15, -0.1) is 5.10 Å². The van der Waals surface area contributed by atoms with Crippen LogP contribution >= 0.6 is 11.8 Å². The smallest absolute Gasteiger partial charge is 0.312 e. The van der Waals surface area contributed by atoms with E-state index in [1.54, 1.807) is 16.3 Å². The predicted octanol–water partition coefficient (Wildman–Crippen LogP) is 2.26. The second-order valence-electron chi connectivity index (χ2n) is 5.07. The number of aromatic amines is 1. The maximum atomic E-state index is 11.6. The topological polar surface area (TPSA) is 62.7 Å². The highest BCUT2D eigenvalue weighted by atomic mass is 32.2. The lowest BCUT2D eigenvalue weighted by molar-refractivity contribution is 0.643. The minimum absolute atomic E-state index is 0.146. The SMILES string of the molecule is CCn1c(SCC(NC)c2cc(C)ccc2C)n[nH]c1=O.